The van der Waals surface area contributed by atoms with Crippen molar-refractivity contribution in [1.82, 2.24) is 0 Å². The number of anilines is 2. The highest BCUT2D eigenvalue weighted by Gasteiger charge is 2.01. The van der Waals surface area contributed by atoms with Gasteiger partial charge in [0.05, 0.1) is 0 Å². The third-order valence-corrected chi connectivity index (χ3v) is 1.87. The summed E-state index contributed by atoms with van der Waals surface area (Å²) in [6, 6.07) is 5.59. The number of hydrogen-bond donors (Lipinski definition) is 4. The fourth-order valence-corrected chi connectivity index (χ4v) is 1.19. The topological polar surface area (TPSA) is 64.5 Å². The van der Waals surface area contributed by atoms with E-state index in [0.29, 0.717) is 0 Å². The quantitative estimate of drug-likeness (QED) is 0.602. The van der Waals surface area contributed by atoms with Crippen LogP contribution in [0.2, 0.25) is 0 Å². The summed E-state index contributed by atoms with van der Waals surface area (Å²) in [6.45, 7) is 17.7. The van der Waals surface area contributed by atoms with Gasteiger partial charge in [-0.25, -0.2) is 0 Å². The van der Waals surface area contributed by atoms with Crippen LogP contribution in [-0.2, 0) is 0 Å². The summed E-state index contributed by atoms with van der Waals surface area (Å²) < 4.78 is 0. The third-order valence-electron chi connectivity index (χ3n) is 1.87. The van der Waals surface area contributed by atoms with E-state index in [1.165, 1.54) is 0 Å². The molecule has 1 rings (SSSR count). The van der Waals surface area contributed by atoms with E-state index >= 15 is 0 Å². The molecule has 0 spiro atoms. The Labute approximate surface area is 132 Å². The highest BCUT2D eigenvalue weighted by atomic mass is 16.3. The zero-order valence-corrected chi connectivity index (χ0v) is 15.5. The van der Waals surface area contributed by atoms with Gasteiger partial charge in [0.2, 0.25) is 0 Å². The maximum Gasteiger partial charge on any atom is 0.113 e. The molecule has 0 aliphatic carbocycles. The lowest BCUT2D eigenvalue weighted by atomic mass is 10.1. The van der Waals surface area contributed by atoms with E-state index in [1.54, 1.807) is 0 Å². The second kappa shape index (κ2) is 27.1. The first kappa shape index (κ1) is 28.0. The number of hydrogen-bond acceptors (Lipinski definition) is 4. The molecule has 1 aromatic rings. The number of aliphatic hydroxyl groups is 2. The Morgan fingerprint density at radius 2 is 1.00 bits per heavy atom. The largest absolute Gasteiger partial charge is 0.377 e. The average molecular weight is 303 g/mol. The summed E-state index contributed by atoms with van der Waals surface area (Å²) in [5.41, 5.74) is 2.70. The molecule has 128 valence electrons. The number of rotatable bonds is 4. The van der Waals surface area contributed by atoms with Gasteiger partial charge in [0, 0.05) is 11.4 Å². The summed E-state index contributed by atoms with van der Waals surface area (Å²) in [7, 11) is 0. The Morgan fingerprint density at radius 1 is 0.714 bits per heavy atom. The van der Waals surface area contributed by atoms with Crippen LogP contribution in [0.15, 0.2) is 18.2 Å². The van der Waals surface area contributed by atoms with Gasteiger partial charge in [0.15, 0.2) is 0 Å². The lowest BCUT2D eigenvalue weighted by molar-refractivity contribution is 0.325. The van der Waals surface area contributed by atoms with Crippen molar-refractivity contribution in [3.8, 4) is 0 Å². The molecule has 0 saturated carbocycles. The van der Waals surface area contributed by atoms with Crippen molar-refractivity contribution < 1.29 is 10.2 Å². The van der Waals surface area contributed by atoms with Gasteiger partial charge >= 0.3 is 0 Å². The van der Waals surface area contributed by atoms with Gasteiger partial charge in [-0.2, -0.15) is 0 Å². The zero-order chi connectivity index (χ0) is 17.7. The van der Waals surface area contributed by atoms with Crippen LogP contribution in [0.4, 0.5) is 11.4 Å². The fraction of sp³-hybridized carbons (Fsp3) is 0.647. The summed E-state index contributed by atoms with van der Waals surface area (Å²) in [5, 5.41) is 23.0. The molecule has 21 heavy (non-hydrogen) atoms. The van der Waals surface area contributed by atoms with E-state index in [2.05, 4.69) is 10.6 Å². The van der Waals surface area contributed by atoms with Gasteiger partial charge in [-0.1, -0.05) is 61.5 Å². The van der Waals surface area contributed by atoms with Crippen LogP contribution in [0.1, 0.15) is 61.0 Å². The molecule has 0 aliphatic heterocycles. The molecule has 0 saturated heterocycles. The third kappa shape index (κ3) is 15.0. The zero-order valence-electron chi connectivity index (χ0n) is 15.5. The summed E-state index contributed by atoms with van der Waals surface area (Å²) in [5.74, 6) is 0. The second-order valence-electron chi connectivity index (χ2n) is 2.65. The summed E-state index contributed by atoms with van der Waals surface area (Å²) >= 11 is 0. The normalized spacial score (nSPS) is 7.19. The van der Waals surface area contributed by atoms with E-state index in [4.69, 9.17) is 10.2 Å². The molecule has 1 aromatic carbocycles. The molecular formula is C17H38N2O2. The van der Waals surface area contributed by atoms with Gasteiger partial charge in [-0.05, 0) is 24.6 Å². The van der Waals surface area contributed by atoms with Crippen LogP contribution < -0.4 is 10.6 Å². The summed E-state index contributed by atoms with van der Waals surface area (Å²) in [6.07, 6.45) is 0. The van der Waals surface area contributed by atoms with E-state index in [-0.39, 0.29) is 13.5 Å². The molecule has 0 bridgehead atoms. The van der Waals surface area contributed by atoms with Crippen LogP contribution >= 0.6 is 0 Å². The lowest BCUT2D eigenvalue weighted by Gasteiger charge is -2.11. The van der Waals surface area contributed by atoms with Crippen LogP contribution in [0, 0.1) is 6.92 Å². The van der Waals surface area contributed by atoms with Gasteiger partial charge in [0.1, 0.15) is 13.5 Å². The molecule has 4 N–H and O–H groups in total. The van der Waals surface area contributed by atoms with E-state index < -0.39 is 0 Å². The number of nitrogens with one attached hydrogen (secondary N) is 2. The van der Waals surface area contributed by atoms with Crippen molar-refractivity contribution in [1.29, 1.82) is 0 Å². The standard InChI is InChI=1S/C9H14N2O2.4C2H6/c1-7-8(10-5-12)3-2-4-9(7)11-6-13;4*1-2/h2-4,10-13H,5-6H2,1H3;4*1-2H3. The van der Waals surface area contributed by atoms with Crippen LogP contribution in [-0.4, -0.2) is 23.7 Å². The number of aliphatic hydroxyl groups excluding tert-OH is 2. The lowest BCUT2D eigenvalue weighted by Crippen LogP contribution is -2.05. The molecule has 0 aliphatic rings. The minimum atomic E-state index is -0.0938. The first-order valence-electron chi connectivity index (χ1n) is 8.08. The SMILES string of the molecule is CC.CC.CC.CC.Cc1c(NCO)cccc1NCO. The molecular weight excluding hydrogens is 264 g/mol. The first-order valence-corrected chi connectivity index (χ1v) is 8.08. The van der Waals surface area contributed by atoms with Crippen LogP contribution in [0.25, 0.3) is 0 Å². The molecule has 4 nitrogen and oxygen atoms in total. The fourth-order valence-electron chi connectivity index (χ4n) is 1.19. The predicted octanol–water partition coefficient (Wildman–Crippen LogP) is 4.82. The first-order chi connectivity index (χ1) is 10.3. The maximum atomic E-state index is 8.68. The molecule has 0 fully saturated rings. The Balaban J connectivity index is -0.000000156. The van der Waals surface area contributed by atoms with Crippen molar-refractivity contribution in [2.45, 2.75) is 62.3 Å². The monoisotopic (exact) mass is 302 g/mol. The van der Waals surface area contributed by atoms with E-state index in [0.717, 1.165) is 16.9 Å². The van der Waals surface area contributed by atoms with Gasteiger partial charge < -0.3 is 20.8 Å². The maximum absolute atomic E-state index is 8.68. The van der Waals surface area contributed by atoms with Crippen molar-refractivity contribution in [2.24, 2.45) is 0 Å². The molecule has 4 heteroatoms. The molecule has 0 amide bonds. The molecule has 0 heterocycles. The van der Waals surface area contributed by atoms with E-state index in [1.807, 2.05) is 80.5 Å². The highest BCUT2D eigenvalue weighted by molar-refractivity contribution is 5.64. The Kier molecular flexibility index (Phi) is 36.2. The minimum Gasteiger partial charge on any atom is -0.377 e. The van der Waals surface area contributed by atoms with Gasteiger partial charge in [-0.3, -0.25) is 0 Å². The van der Waals surface area contributed by atoms with E-state index in [9.17, 15) is 0 Å². The molecule has 0 unspecified atom stereocenters. The molecule has 0 atom stereocenters. The number of benzene rings is 1. The van der Waals surface area contributed by atoms with Crippen molar-refractivity contribution >= 4 is 11.4 Å². The van der Waals surface area contributed by atoms with Crippen molar-refractivity contribution in [2.75, 3.05) is 24.1 Å². The predicted molar refractivity (Wildman–Crippen MR) is 98.0 cm³/mol. The smallest absolute Gasteiger partial charge is 0.113 e. The molecule has 0 radical (unpaired) electrons. The van der Waals surface area contributed by atoms with Crippen LogP contribution in [0.3, 0.4) is 0 Å². The highest BCUT2D eigenvalue weighted by Crippen LogP contribution is 2.22. The van der Waals surface area contributed by atoms with Gasteiger partial charge in [0.25, 0.3) is 0 Å². The Morgan fingerprint density at radius 3 is 1.24 bits per heavy atom. The van der Waals surface area contributed by atoms with Crippen molar-refractivity contribution in [3.05, 3.63) is 23.8 Å². The summed E-state index contributed by atoms with van der Waals surface area (Å²) in [4.78, 5) is 0. The van der Waals surface area contributed by atoms with Crippen molar-refractivity contribution in [3.63, 3.8) is 0 Å². The minimum absolute atomic E-state index is 0.0938. The second-order valence-corrected chi connectivity index (χ2v) is 2.65. The molecule has 0 aromatic heterocycles. The Hall–Kier alpha value is -1.26. The average Bonchev–Trinajstić information content (AvgIpc) is 2.59. The van der Waals surface area contributed by atoms with Crippen LogP contribution in [0.5, 0.6) is 0 Å². The van der Waals surface area contributed by atoms with Gasteiger partial charge in [-0.15, -0.1) is 0 Å². The Bertz CT molecular complexity index is 255.